The van der Waals surface area contributed by atoms with E-state index in [2.05, 4.69) is 37.0 Å². The molecule has 2 aromatic rings. The monoisotopic (exact) mass is 402 g/mol. The largest absolute Gasteiger partial charge is 0.207 e. The van der Waals surface area contributed by atoms with Gasteiger partial charge in [0, 0.05) is 11.1 Å². The van der Waals surface area contributed by atoms with Crippen molar-refractivity contribution >= 4 is 0 Å². The Kier molecular flexibility index (Phi) is 7.27. The van der Waals surface area contributed by atoms with Gasteiger partial charge in [0.25, 0.3) is 0 Å². The molecule has 1 fully saturated rings. The van der Waals surface area contributed by atoms with Gasteiger partial charge in [0.15, 0.2) is 0 Å². The van der Waals surface area contributed by atoms with Crippen LogP contribution in [0.2, 0.25) is 0 Å². The first-order chi connectivity index (χ1) is 14.7. The summed E-state index contributed by atoms with van der Waals surface area (Å²) in [6.07, 6.45) is 15.3. The molecular formula is C29H35F. The second kappa shape index (κ2) is 10.3. The molecule has 0 bridgehead atoms. The van der Waals surface area contributed by atoms with Crippen LogP contribution in [0.4, 0.5) is 4.39 Å². The lowest BCUT2D eigenvalue weighted by Crippen LogP contribution is -2.26. The third kappa shape index (κ3) is 5.54. The van der Waals surface area contributed by atoms with Crippen LogP contribution in [0.5, 0.6) is 0 Å². The van der Waals surface area contributed by atoms with Crippen molar-refractivity contribution in [1.82, 2.24) is 0 Å². The number of halogens is 1. The molecule has 0 heterocycles. The molecule has 0 aromatic heterocycles. The van der Waals surface area contributed by atoms with Crippen LogP contribution in [0.15, 0.2) is 42.5 Å². The third-order valence-electron chi connectivity index (χ3n) is 7.44. The summed E-state index contributed by atoms with van der Waals surface area (Å²) in [4.78, 5) is 0. The Hall–Kier alpha value is -2.07. The average Bonchev–Trinajstić information content (AvgIpc) is 2.79. The van der Waals surface area contributed by atoms with Gasteiger partial charge in [0.05, 0.1) is 0 Å². The lowest BCUT2D eigenvalue weighted by molar-refractivity contribution is 0.183. The van der Waals surface area contributed by atoms with Crippen molar-refractivity contribution in [3.05, 3.63) is 70.5 Å². The maximum atomic E-state index is 13.0. The molecule has 2 aromatic carbocycles. The van der Waals surface area contributed by atoms with Gasteiger partial charge < -0.3 is 0 Å². The SMILES string of the molecule is CCCCCC1CCC(C2CCc3cc(C#Cc4ccc(F)cc4)ccc3C2)CC1. The Morgan fingerprint density at radius 3 is 2.30 bits per heavy atom. The number of hydrogen-bond donors (Lipinski definition) is 0. The summed E-state index contributed by atoms with van der Waals surface area (Å²) in [5, 5.41) is 0. The van der Waals surface area contributed by atoms with Gasteiger partial charge in [-0.25, -0.2) is 4.39 Å². The zero-order valence-corrected chi connectivity index (χ0v) is 18.4. The summed E-state index contributed by atoms with van der Waals surface area (Å²) in [6, 6.07) is 13.2. The molecule has 1 unspecified atom stereocenters. The zero-order valence-electron chi connectivity index (χ0n) is 18.4. The Labute approximate surface area is 182 Å². The molecule has 1 heteroatoms. The van der Waals surface area contributed by atoms with Crippen molar-refractivity contribution in [2.45, 2.75) is 77.6 Å². The van der Waals surface area contributed by atoms with Crippen LogP contribution in [-0.2, 0) is 12.8 Å². The second-order valence-corrected chi connectivity index (χ2v) is 9.52. The van der Waals surface area contributed by atoms with Crippen molar-refractivity contribution in [3.8, 4) is 11.8 Å². The van der Waals surface area contributed by atoms with Gasteiger partial charge in [-0.05, 0) is 97.4 Å². The van der Waals surface area contributed by atoms with Crippen LogP contribution in [-0.4, -0.2) is 0 Å². The smallest absolute Gasteiger partial charge is 0.123 e. The van der Waals surface area contributed by atoms with E-state index >= 15 is 0 Å². The maximum absolute atomic E-state index is 13.0. The number of hydrogen-bond acceptors (Lipinski definition) is 0. The molecule has 4 rings (SSSR count). The highest BCUT2D eigenvalue weighted by Gasteiger charge is 2.30. The van der Waals surface area contributed by atoms with E-state index in [0.717, 1.165) is 28.9 Å². The van der Waals surface area contributed by atoms with Crippen molar-refractivity contribution in [2.24, 2.45) is 17.8 Å². The van der Waals surface area contributed by atoms with Crippen molar-refractivity contribution < 1.29 is 4.39 Å². The van der Waals surface area contributed by atoms with E-state index in [0.29, 0.717) is 0 Å². The van der Waals surface area contributed by atoms with E-state index in [4.69, 9.17) is 0 Å². The van der Waals surface area contributed by atoms with E-state index in [9.17, 15) is 4.39 Å². The average molecular weight is 403 g/mol. The summed E-state index contributed by atoms with van der Waals surface area (Å²) < 4.78 is 13.0. The Balaban J connectivity index is 1.32. The number of fused-ring (bicyclic) bond motifs is 1. The number of benzene rings is 2. The molecule has 2 aliphatic rings. The van der Waals surface area contributed by atoms with Crippen molar-refractivity contribution in [2.75, 3.05) is 0 Å². The highest BCUT2D eigenvalue weighted by Crippen LogP contribution is 2.40. The number of rotatable bonds is 5. The van der Waals surface area contributed by atoms with E-state index < -0.39 is 0 Å². The Morgan fingerprint density at radius 2 is 1.53 bits per heavy atom. The first kappa shape index (κ1) is 21.2. The molecule has 0 nitrogen and oxygen atoms in total. The fraction of sp³-hybridized carbons (Fsp3) is 0.517. The lowest BCUT2D eigenvalue weighted by atomic mass is 9.69. The molecule has 30 heavy (non-hydrogen) atoms. The third-order valence-corrected chi connectivity index (χ3v) is 7.44. The molecule has 1 atom stereocenters. The fourth-order valence-electron chi connectivity index (χ4n) is 5.57. The van der Waals surface area contributed by atoms with Gasteiger partial charge in [0.2, 0.25) is 0 Å². The van der Waals surface area contributed by atoms with Crippen LogP contribution in [0.1, 0.15) is 87.0 Å². The van der Waals surface area contributed by atoms with Crippen molar-refractivity contribution in [1.29, 1.82) is 0 Å². The summed E-state index contributed by atoms with van der Waals surface area (Å²) in [7, 11) is 0. The first-order valence-electron chi connectivity index (χ1n) is 12.1. The molecule has 0 amide bonds. The Morgan fingerprint density at radius 1 is 0.800 bits per heavy atom. The summed E-state index contributed by atoms with van der Waals surface area (Å²) in [5.74, 6) is 9.03. The topological polar surface area (TPSA) is 0 Å². The second-order valence-electron chi connectivity index (χ2n) is 9.52. The van der Waals surface area contributed by atoms with Gasteiger partial charge in [-0.1, -0.05) is 63.4 Å². The molecular weight excluding hydrogens is 367 g/mol. The molecule has 0 spiro atoms. The van der Waals surface area contributed by atoms with Gasteiger partial charge >= 0.3 is 0 Å². The predicted molar refractivity (Wildman–Crippen MR) is 124 cm³/mol. The van der Waals surface area contributed by atoms with E-state index in [1.165, 1.54) is 88.3 Å². The van der Waals surface area contributed by atoms with E-state index in [1.54, 1.807) is 17.7 Å². The number of aryl methyl sites for hydroxylation is 1. The maximum Gasteiger partial charge on any atom is 0.123 e. The highest BCUT2D eigenvalue weighted by molar-refractivity contribution is 5.46. The lowest BCUT2D eigenvalue weighted by Gasteiger charge is -2.36. The molecule has 1 saturated carbocycles. The molecule has 0 radical (unpaired) electrons. The highest BCUT2D eigenvalue weighted by atomic mass is 19.1. The normalized spacial score (nSPS) is 23.3. The molecule has 0 aliphatic heterocycles. The molecule has 158 valence electrons. The van der Waals surface area contributed by atoms with Crippen molar-refractivity contribution in [3.63, 3.8) is 0 Å². The number of unbranched alkanes of at least 4 members (excludes halogenated alkanes) is 2. The van der Waals surface area contributed by atoms with Gasteiger partial charge in [0.1, 0.15) is 5.82 Å². The summed E-state index contributed by atoms with van der Waals surface area (Å²) in [6.45, 7) is 2.30. The molecule has 2 aliphatic carbocycles. The molecule has 0 N–H and O–H groups in total. The summed E-state index contributed by atoms with van der Waals surface area (Å²) >= 11 is 0. The zero-order chi connectivity index (χ0) is 20.8. The Bertz CT molecular complexity index is 875. The van der Waals surface area contributed by atoms with E-state index in [1.807, 2.05) is 0 Å². The van der Waals surface area contributed by atoms with Crippen LogP contribution in [0, 0.1) is 35.4 Å². The van der Waals surface area contributed by atoms with Crippen LogP contribution < -0.4 is 0 Å². The van der Waals surface area contributed by atoms with Gasteiger partial charge in [-0.15, -0.1) is 0 Å². The van der Waals surface area contributed by atoms with Gasteiger partial charge in [-0.2, -0.15) is 0 Å². The summed E-state index contributed by atoms with van der Waals surface area (Å²) in [5.41, 5.74) is 4.97. The first-order valence-corrected chi connectivity index (χ1v) is 12.1. The van der Waals surface area contributed by atoms with E-state index in [-0.39, 0.29) is 5.82 Å². The van der Waals surface area contributed by atoms with Crippen LogP contribution in [0.25, 0.3) is 0 Å². The predicted octanol–water partition coefficient (Wildman–Crippen LogP) is 7.72. The standard InChI is InChI=1S/C29H35F/c1-2-3-4-5-22-8-13-25(14-9-22)27-17-16-26-20-24(10-15-28(26)21-27)7-6-23-11-18-29(30)19-12-23/h10-12,15,18-20,22,25,27H,2-5,8-9,13-14,16-17,21H2,1H3. The van der Waals surface area contributed by atoms with Gasteiger partial charge in [-0.3, -0.25) is 0 Å². The minimum atomic E-state index is -0.214. The minimum Gasteiger partial charge on any atom is -0.207 e. The quantitative estimate of drug-likeness (QED) is 0.355. The fourth-order valence-corrected chi connectivity index (χ4v) is 5.57. The van der Waals surface area contributed by atoms with Crippen LogP contribution >= 0.6 is 0 Å². The molecule has 0 saturated heterocycles. The van der Waals surface area contributed by atoms with Crippen LogP contribution in [0.3, 0.4) is 0 Å². The minimum absolute atomic E-state index is 0.214.